The zero-order chi connectivity index (χ0) is 23.7. The molecule has 1 aliphatic heterocycles. The first kappa shape index (κ1) is 22.8. The average molecular weight is 449 g/mol. The Morgan fingerprint density at radius 2 is 1.82 bits per heavy atom. The fourth-order valence-corrected chi connectivity index (χ4v) is 4.42. The van der Waals surface area contributed by atoms with E-state index in [9.17, 15) is 9.59 Å². The molecule has 0 spiro atoms. The standard InChI is InChI=1S/C26H32N4O3/c1-6-33-25(32)22-23(18-11-13-19(14-12-18)28(4)5)30-21-10-8-7-9-20(21)27-26(30)29(24(22)31)16-15-17(2)3/h7-14,17,22-23H,6,15-16H2,1-5H3/t22-,23+/m0/s1. The van der Waals surface area contributed by atoms with Crippen LogP contribution in [0.15, 0.2) is 48.5 Å². The van der Waals surface area contributed by atoms with Crippen molar-refractivity contribution in [3.63, 3.8) is 0 Å². The third-order valence-electron chi connectivity index (χ3n) is 6.17. The summed E-state index contributed by atoms with van der Waals surface area (Å²) in [6, 6.07) is 15.3. The van der Waals surface area contributed by atoms with Gasteiger partial charge in [-0.1, -0.05) is 38.1 Å². The van der Waals surface area contributed by atoms with Gasteiger partial charge in [-0.3, -0.25) is 14.5 Å². The zero-order valence-electron chi connectivity index (χ0n) is 20.0. The molecule has 0 unspecified atom stereocenters. The summed E-state index contributed by atoms with van der Waals surface area (Å²) in [6.07, 6.45) is 0.812. The number of rotatable bonds is 7. The van der Waals surface area contributed by atoms with Gasteiger partial charge in [0, 0.05) is 26.3 Å². The van der Waals surface area contributed by atoms with Gasteiger partial charge < -0.3 is 14.2 Å². The van der Waals surface area contributed by atoms with Gasteiger partial charge in [0.05, 0.1) is 23.7 Å². The SMILES string of the molecule is CCOC(=O)[C@@H]1C(=O)N(CCC(C)C)c2nc3ccccc3n2[C@@H]1c1ccc(N(C)C)cc1. The normalized spacial score (nSPS) is 18.0. The molecule has 0 radical (unpaired) electrons. The van der Waals surface area contributed by atoms with E-state index in [1.54, 1.807) is 11.8 Å². The average Bonchev–Trinajstić information content (AvgIpc) is 3.17. The van der Waals surface area contributed by atoms with Crippen LogP contribution in [0.25, 0.3) is 11.0 Å². The van der Waals surface area contributed by atoms with E-state index in [1.807, 2.05) is 72.1 Å². The van der Waals surface area contributed by atoms with Crippen molar-refractivity contribution in [2.75, 3.05) is 37.0 Å². The Kier molecular flexibility index (Phi) is 6.40. The Hall–Kier alpha value is -3.35. The van der Waals surface area contributed by atoms with Gasteiger partial charge in [0.2, 0.25) is 11.9 Å². The van der Waals surface area contributed by atoms with Crippen molar-refractivity contribution in [3.05, 3.63) is 54.1 Å². The first-order valence-electron chi connectivity index (χ1n) is 11.6. The van der Waals surface area contributed by atoms with E-state index < -0.39 is 17.9 Å². The van der Waals surface area contributed by atoms with Gasteiger partial charge in [-0.15, -0.1) is 0 Å². The summed E-state index contributed by atoms with van der Waals surface area (Å²) in [4.78, 5) is 35.5. The second kappa shape index (κ2) is 9.25. The monoisotopic (exact) mass is 448 g/mol. The highest BCUT2D eigenvalue weighted by Gasteiger charge is 2.47. The van der Waals surface area contributed by atoms with Gasteiger partial charge in [0.15, 0.2) is 5.92 Å². The molecule has 4 rings (SSSR count). The lowest BCUT2D eigenvalue weighted by molar-refractivity contribution is -0.153. The van der Waals surface area contributed by atoms with Gasteiger partial charge in [0.1, 0.15) is 0 Å². The van der Waals surface area contributed by atoms with Crippen LogP contribution in [0.3, 0.4) is 0 Å². The Labute approximate surface area is 195 Å². The number of esters is 1. The van der Waals surface area contributed by atoms with Crippen molar-refractivity contribution in [2.24, 2.45) is 11.8 Å². The predicted octanol–water partition coefficient (Wildman–Crippen LogP) is 4.26. The second-order valence-electron chi connectivity index (χ2n) is 9.10. The summed E-state index contributed by atoms with van der Waals surface area (Å²) in [7, 11) is 3.96. The number of imidazole rings is 1. The first-order chi connectivity index (χ1) is 15.8. The summed E-state index contributed by atoms with van der Waals surface area (Å²) in [6.45, 7) is 6.73. The summed E-state index contributed by atoms with van der Waals surface area (Å²) in [5, 5.41) is 0. The molecule has 1 amide bonds. The largest absolute Gasteiger partial charge is 0.465 e. The lowest BCUT2D eigenvalue weighted by Gasteiger charge is -2.38. The van der Waals surface area contributed by atoms with Gasteiger partial charge in [0.25, 0.3) is 0 Å². The molecule has 0 saturated carbocycles. The van der Waals surface area contributed by atoms with E-state index in [2.05, 4.69) is 13.8 Å². The lowest BCUT2D eigenvalue weighted by atomic mass is 9.89. The summed E-state index contributed by atoms with van der Waals surface area (Å²) < 4.78 is 7.46. The molecule has 1 aromatic heterocycles. The second-order valence-corrected chi connectivity index (χ2v) is 9.10. The molecule has 0 saturated heterocycles. The van der Waals surface area contributed by atoms with Crippen LogP contribution >= 0.6 is 0 Å². The number of nitrogens with zero attached hydrogens (tertiary/aromatic N) is 4. The van der Waals surface area contributed by atoms with E-state index >= 15 is 0 Å². The molecule has 7 nitrogen and oxygen atoms in total. The summed E-state index contributed by atoms with van der Waals surface area (Å²) in [5.41, 5.74) is 3.61. The number of aromatic nitrogens is 2. The molecule has 2 aromatic carbocycles. The fraction of sp³-hybridized carbons (Fsp3) is 0.423. The molecule has 0 bridgehead atoms. The van der Waals surface area contributed by atoms with Crippen LogP contribution in [0.4, 0.5) is 11.6 Å². The van der Waals surface area contributed by atoms with Crippen LogP contribution in [0.1, 0.15) is 38.8 Å². The molecule has 7 heteroatoms. The van der Waals surface area contributed by atoms with Crippen molar-refractivity contribution in [1.29, 1.82) is 0 Å². The minimum Gasteiger partial charge on any atom is -0.465 e. The smallest absolute Gasteiger partial charge is 0.321 e. The van der Waals surface area contributed by atoms with E-state index in [4.69, 9.17) is 9.72 Å². The number of hydrogen-bond acceptors (Lipinski definition) is 5. The maximum absolute atomic E-state index is 13.8. The zero-order valence-corrected chi connectivity index (χ0v) is 20.0. The lowest BCUT2D eigenvalue weighted by Crippen LogP contribution is -2.50. The molecular formula is C26H32N4O3. The highest BCUT2D eigenvalue weighted by molar-refractivity contribution is 6.08. The van der Waals surface area contributed by atoms with E-state index in [-0.39, 0.29) is 12.5 Å². The van der Waals surface area contributed by atoms with E-state index in [1.165, 1.54) is 0 Å². The number of benzene rings is 2. The van der Waals surface area contributed by atoms with Crippen molar-refractivity contribution in [3.8, 4) is 0 Å². The molecule has 2 heterocycles. The highest BCUT2D eigenvalue weighted by Crippen LogP contribution is 2.41. The maximum Gasteiger partial charge on any atom is 0.321 e. The Balaban J connectivity index is 1.93. The minimum atomic E-state index is -0.979. The Bertz CT molecular complexity index is 1150. The third-order valence-corrected chi connectivity index (χ3v) is 6.17. The van der Waals surface area contributed by atoms with Crippen molar-refractivity contribution in [2.45, 2.75) is 33.2 Å². The topological polar surface area (TPSA) is 67.7 Å². The predicted molar refractivity (Wildman–Crippen MR) is 131 cm³/mol. The Morgan fingerprint density at radius 3 is 2.45 bits per heavy atom. The number of carbonyl (C=O) groups excluding carboxylic acids is 2. The van der Waals surface area contributed by atoms with Gasteiger partial charge in [-0.2, -0.15) is 0 Å². The molecule has 3 aromatic rings. The number of carbonyl (C=O) groups is 2. The number of para-hydroxylation sites is 2. The number of amides is 1. The number of hydrogen-bond donors (Lipinski definition) is 0. The van der Waals surface area contributed by atoms with Crippen LogP contribution in [-0.4, -0.2) is 48.7 Å². The van der Waals surface area contributed by atoms with Gasteiger partial charge >= 0.3 is 5.97 Å². The van der Waals surface area contributed by atoms with Crippen LogP contribution in [-0.2, 0) is 14.3 Å². The highest BCUT2D eigenvalue weighted by atomic mass is 16.5. The molecule has 33 heavy (non-hydrogen) atoms. The van der Waals surface area contributed by atoms with Crippen molar-refractivity contribution < 1.29 is 14.3 Å². The van der Waals surface area contributed by atoms with Crippen LogP contribution in [0.2, 0.25) is 0 Å². The molecule has 174 valence electrons. The fourth-order valence-electron chi connectivity index (χ4n) is 4.42. The first-order valence-corrected chi connectivity index (χ1v) is 11.6. The third kappa shape index (κ3) is 4.19. The molecule has 2 atom stereocenters. The van der Waals surface area contributed by atoms with Gasteiger partial charge in [-0.25, -0.2) is 4.98 Å². The van der Waals surface area contributed by atoms with Crippen LogP contribution in [0, 0.1) is 11.8 Å². The quantitative estimate of drug-likeness (QED) is 0.399. The maximum atomic E-state index is 13.8. The summed E-state index contributed by atoms with van der Waals surface area (Å²) in [5.74, 6) is -0.731. The van der Waals surface area contributed by atoms with Gasteiger partial charge in [-0.05, 0) is 49.1 Å². The number of ether oxygens (including phenoxy) is 1. The van der Waals surface area contributed by atoms with E-state index in [0.717, 1.165) is 28.7 Å². The van der Waals surface area contributed by atoms with Crippen LogP contribution in [0.5, 0.6) is 0 Å². The molecule has 0 aliphatic carbocycles. The van der Waals surface area contributed by atoms with E-state index in [0.29, 0.717) is 18.4 Å². The number of anilines is 2. The summed E-state index contributed by atoms with van der Waals surface area (Å²) >= 11 is 0. The minimum absolute atomic E-state index is 0.221. The van der Waals surface area contributed by atoms with Crippen molar-refractivity contribution in [1.82, 2.24) is 9.55 Å². The van der Waals surface area contributed by atoms with Crippen LogP contribution < -0.4 is 9.80 Å². The molecule has 0 fully saturated rings. The Morgan fingerprint density at radius 1 is 1.12 bits per heavy atom. The molecule has 1 aliphatic rings. The van der Waals surface area contributed by atoms with Crippen molar-refractivity contribution >= 4 is 34.5 Å². The molecule has 0 N–H and O–H groups in total. The molecular weight excluding hydrogens is 416 g/mol. The number of fused-ring (bicyclic) bond motifs is 3.